The lowest BCUT2D eigenvalue weighted by Crippen LogP contribution is -2.47. The molecule has 0 spiro atoms. The zero-order chi connectivity index (χ0) is 18.4. The highest BCUT2D eigenvalue weighted by Crippen LogP contribution is 2.22. The summed E-state index contributed by atoms with van der Waals surface area (Å²) in [5.74, 6) is 1.69. The van der Waals surface area contributed by atoms with Gasteiger partial charge in [0.25, 0.3) is 0 Å². The van der Waals surface area contributed by atoms with Crippen LogP contribution in [-0.2, 0) is 20.1 Å². The molecule has 2 saturated heterocycles. The van der Waals surface area contributed by atoms with Gasteiger partial charge >= 0.3 is 0 Å². The van der Waals surface area contributed by atoms with Crippen LogP contribution in [0.5, 0.6) is 0 Å². The van der Waals surface area contributed by atoms with Gasteiger partial charge in [-0.05, 0) is 30.5 Å². The first-order valence-electron chi connectivity index (χ1n) is 9.10. The number of ether oxygens (including phenoxy) is 1. The van der Waals surface area contributed by atoms with E-state index in [1.54, 1.807) is 11.8 Å². The second-order valence-electron chi connectivity index (χ2n) is 6.72. The predicted molar refractivity (Wildman–Crippen MR) is 104 cm³/mol. The molecule has 2 aliphatic heterocycles. The van der Waals surface area contributed by atoms with Gasteiger partial charge in [0, 0.05) is 42.9 Å². The average Bonchev–Trinajstić information content (AvgIpc) is 2.68. The summed E-state index contributed by atoms with van der Waals surface area (Å²) in [7, 11) is 0. The quantitative estimate of drug-likeness (QED) is 0.767. The Morgan fingerprint density at radius 2 is 1.85 bits per heavy atom. The molecular formula is C19H25ClN2O3S. The van der Waals surface area contributed by atoms with Gasteiger partial charge in [0.15, 0.2) is 0 Å². The summed E-state index contributed by atoms with van der Waals surface area (Å²) in [6.45, 7) is 4.00. The number of thioether (sulfide) groups is 1. The smallest absolute Gasteiger partial charge is 0.232 e. The highest BCUT2D eigenvalue weighted by Gasteiger charge is 2.30. The SMILES string of the molecule is O=C(CSCc1cccc(Cl)c1)N1CCC(C(=O)N2CCOCC2)CC1. The first kappa shape index (κ1) is 19.5. The molecule has 5 nitrogen and oxygen atoms in total. The van der Waals surface area contributed by atoms with Crippen molar-refractivity contribution in [2.75, 3.05) is 45.1 Å². The largest absolute Gasteiger partial charge is 0.378 e. The molecule has 0 N–H and O–H groups in total. The molecule has 0 aliphatic carbocycles. The van der Waals surface area contributed by atoms with Gasteiger partial charge in [-0.1, -0.05) is 23.7 Å². The Morgan fingerprint density at radius 1 is 1.12 bits per heavy atom. The summed E-state index contributed by atoms with van der Waals surface area (Å²) >= 11 is 7.59. The van der Waals surface area contributed by atoms with Crippen LogP contribution in [0.15, 0.2) is 24.3 Å². The highest BCUT2D eigenvalue weighted by atomic mass is 35.5. The van der Waals surface area contributed by atoms with Gasteiger partial charge in [0.05, 0.1) is 19.0 Å². The van der Waals surface area contributed by atoms with Gasteiger partial charge in [-0.2, -0.15) is 0 Å². The molecule has 3 rings (SSSR count). The molecule has 7 heteroatoms. The molecule has 26 heavy (non-hydrogen) atoms. The maximum Gasteiger partial charge on any atom is 0.232 e. The number of likely N-dealkylation sites (tertiary alicyclic amines) is 1. The summed E-state index contributed by atoms with van der Waals surface area (Å²) in [5, 5.41) is 0.724. The van der Waals surface area contributed by atoms with Crippen molar-refractivity contribution < 1.29 is 14.3 Å². The van der Waals surface area contributed by atoms with Gasteiger partial charge in [0.1, 0.15) is 0 Å². The van der Waals surface area contributed by atoms with E-state index >= 15 is 0 Å². The van der Waals surface area contributed by atoms with Gasteiger partial charge in [0.2, 0.25) is 11.8 Å². The van der Waals surface area contributed by atoms with Crippen molar-refractivity contribution in [3.8, 4) is 0 Å². The molecule has 2 fully saturated rings. The molecule has 0 atom stereocenters. The number of hydrogen-bond acceptors (Lipinski definition) is 4. The maximum absolute atomic E-state index is 12.5. The van der Waals surface area contributed by atoms with Crippen LogP contribution >= 0.6 is 23.4 Å². The van der Waals surface area contributed by atoms with E-state index in [4.69, 9.17) is 16.3 Å². The first-order valence-corrected chi connectivity index (χ1v) is 10.6. The molecule has 2 heterocycles. The van der Waals surface area contributed by atoms with Crippen molar-refractivity contribution in [3.05, 3.63) is 34.9 Å². The summed E-state index contributed by atoms with van der Waals surface area (Å²) in [4.78, 5) is 28.7. The number of halogens is 1. The second-order valence-corrected chi connectivity index (χ2v) is 8.14. The van der Waals surface area contributed by atoms with E-state index in [-0.39, 0.29) is 17.7 Å². The van der Waals surface area contributed by atoms with Crippen LogP contribution in [0.25, 0.3) is 0 Å². The minimum atomic E-state index is 0.0521. The van der Waals surface area contributed by atoms with Gasteiger partial charge in [-0.25, -0.2) is 0 Å². The highest BCUT2D eigenvalue weighted by molar-refractivity contribution is 7.99. The van der Waals surface area contributed by atoms with Crippen molar-refractivity contribution >= 4 is 35.2 Å². The van der Waals surface area contributed by atoms with Crippen LogP contribution in [0, 0.1) is 5.92 Å². The number of carbonyl (C=O) groups excluding carboxylic acids is 2. The molecule has 0 saturated carbocycles. The molecule has 2 aliphatic rings. The summed E-state index contributed by atoms with van der Waals surface area (Å²) in [6.07, 6.45) is 1.53. The minimum absolute atomic E-state index is 0.0521. The zero-order valence-electron chi connectivity index (χ0n) is 14.9. The van der Waals surface area contributed by atoms with Gasteiger partial charge in [-0.3, -0.25) is 9.59 Å². The topological polar surface area (TPSA) is 49.9 Å². The third-order valence-electron chi connectivity index (χ3n) is 4.90. The van der Waals surface area contributed by atoms with Gasteiger partial charge in [-0.15, -0.1) is 11.8 Å². The predicted octanol–water partition coefficient (Wildman–Crippen LogP) is 2.67. The third kappa shape index (κ3) is 5.38. The molecule has 1 aromatic rings. The number of carbonyl (C=O) groups is 2. The molecule has 0 unspecified atom stereocenters. The Hall–Kier alpha value is -1.24. The molecule has 0 bridgehead atoms. The van der Waals surface area contributed by atoms with Gasteiger partial charge < -0.3 is 14.5 Å². The average molecular weight is 397 g/mol. The summed E-state index contributed by atoms with van der Waals surface area (Å²) in [6, 6.07) is 7.73. The normalized spacial score (nSPS) is 18.8. The van der Waals surface area contributed by atoms with Crippen LogP contribution < -0.4 is 0 Å². The molecule has 1 aromatic carbocycles. The monoisotopic (exact) mass is 396 g/mol. The van der Waals surface area contributed by atoms with E-state index in [9.17, 15) is 9.59 Å². The van der Waals surface area contributed by atoms with E-state index in [0.717, 1.165) is 29.2 Å². The van der Waals surface area contributed by atoms with E-state index < -0.39 is 0 Å². The Bertz CT molecular complexity index is 629. The summed E-state index contributed by atoms with van der Waals surface area (Å²) in [5.41, 5.74) is 1.13. The Labute approximate surface area is 164 Å². The van der Waals surface area contributed by atoms with E-state index in [1.807, 2.05) is 34.1 Å². The standard InChI is InChI=1S/C19H25ClN2O3S/c20-17-3-1-2-15(12-17)13-26-14-18(23)21-6-4-16(5-7-21)19(24)22-8-10-25-11-9-22/h1-3,12,16H,4-11,13-14H2. The van der Waals surface area contributed by atoms with Crippen LogP contribution in [0.4, 0.5) is 0 Å². The summed E-state index contributed by atoms with van der Waals surface area (Å²) < 4.78 is 5.31. The lowest BCUT2D eigenvalue weighted by Gasteiger charge is -2.35. The Morgan fingerprint density at radius 3 is 2.54 bits per heavy atom. The van der Waals surface area contributed by atoms with Crippen LogP contribution in [0.3, 0.4) is 0 Å². The number of morpholine rings is 1. The van der Waals surface area contributed by atoms with Crippen LogP contribution in [0.2, 0.25) is 5.02 Å². The van der Waals surface area contributed by atoms with E-state index in [2.05, 4.69) is 0 Å². The van der Waals surface area contributed by atoms with E-state index in [0.29, 0.717) is 45.1 Å². The number of rotatable bonds is 5. The lowest BCUT2D eigenvalue weighted by atomic mass is 9.95. The van der Waals surface area contributed by atoms with Crippen LogP contribution in [0.1, 0.15) is 18.4 Å². The number of piperidine rings is 1. The van der Waals surface area contributed by atoms with E-state index in [1.165, 1.54) is 0 Å². The molecule has 2 amide bonds. The van der Waals surface area contributed by atoms with Crippen molar-refractivity contribution in [1.29, 1.82) is 0 Å². The number of nitrogens with zero attached hydrogens (tertiary/aromatic N) is 2. The maximum atomic E-state index is 12.5. The molecule has 142 valence electrons. The number of benzene rings is 1. The fraction of sp³-hybridized carbons (Fsp3) is 0.579. The van der Waals surface area contributed by atoms with Crippen molar-refractivity contribution in [3.63, 3.8) is 0 Å². The first-order chi connectivity index (χ1) is 12.6. The molecule has 0 radical (unpaired) electrons. The molecular weight excluding hydrogens is 372 g/mol. The Balaban J connectivity index is 1.38. The minimum Gasteiger partial charge on any atom is -0.378 e. The molecule has 0 aromatic heterocycles. The zero-order valence-corrected chi connectivity index (χ0v) is 16.4. The fourth-order valence-electron chi connectivity index (χ4n) is 3.39. The fourth-order valence-corrected chi connectivity index (χ4v) is 4.48. The number of amides is 2. The van der Waals surface area contributed by atoms with Crippen molar-refractivity contribution in [2.24, 2.45) is 5.92 Å². The number of hydrogen-bond donors (Lipinski definition) is 0. The van der Waals surface area contributed by atoms with Crippen molar-refractivity contribution in [2.45, 2.75) is 18.6 Å². The lowest BCUT2D eigenvalue weighted by molar-refractivity contribution is -0.143. The Kier molecular flexibility index (Phi) is 7.23. The third-order valence-corrected chi connectivity index (χ3v) is 6.13. The van der Waals surface area contributed by atoms with Crippen LogP contribution in [-0.4, -0.2) is 66.8 Å². The van der Waals surface area contributed by atoms with Crippen molar-refractivity contribution in [1.82, 2.24) is 9.80 Å². The second kappa shape index (κ2) is 9.62.